The molecule has 4 nitrogen and oxygen atoms in total. The van der Waals surface area contributed by atoms with Gasteiger partial charge in [-0.05, 0) is 43.6 Å². The smallest absolute Gasteiger partial charge is 0.151 e. The molecule has 0 saturated heterocycles. The fourth-order valence-corrected chi connectivity index (χ4v) is 2.39. The Labute approximate surface area is 106 Å². The maximum atomic E-state index is 13.2. The molecule has 1 aliphatic carbocycles. The Hall–Kier alpha value is -1.49. The Morgan fingerprint density at radius 3 is 2.89 bits per heavy atom. The molecule has 0 bridgehead atoms. The maximum Gasteiger partial charge on any atom is 0.151 e. The Bertz CT molecular complexity index is 425. The summed E-state index contributed by atoms with van der Waals surface area (Å²) in [6, 6.07) is 4.01. The third-order valence-corrected chi connectivity index (χ3v) is 3.37. The third kappa shape index (κ3) is 2.85. The van der Waals surface area contributed by atoms with Crippen LogP contribution >= 0.6 is 0 Å². The van der Waals surface area contributed by atoms with Gasteiger partial charge in [-0.3, -0.25) is 0 Å². The largest absolute Gasteiger partial charge is 0.486 e. The molecule has 1 aromatic carbocycles. The Kier molecular flexibility index (Phi) is 4.25. The molecule has 0 heterocycles. The molecule has 1 saturated carbocycles. The van der Waals surface area contributed by atoms with Gasteiger partial charge in [0.05, 0.1) is 0 Å². The van der Waals surface area contributed by atoms with E-state index in [2.05, 4.69) is 10.5 Å². The van der Waals surface area contributed by atoms with Crippen LogP contribution in [0, 0.1) is 10.7 Å². The molecule has 1 unspecified atom stereocenters. The number of nitrogens with zero attached hydrogens (tertiary/aromatic N) is 1. The first kappa shape index (κ1) is 13.0. The lowest BCUT2D eigenvalue weighted by molar-refractivity contribution is 0.118. The standard InChI is InChI=1S/C13H17FN2O2/c1-15-10-4-2-3-5-12(10)18-13-8-9(14)6-7-11(13)16-17/h6-8,10,12,15H,2-5H2,1H3/t10-,12?/m1/s1. The second kappa shape index (κ2) is 5.91. The van der Waals surface area contributed by atoms with Gasteiger partial charge in [0.25, 0.3) is 0 Å². The molecule has 1 fully saturated rings. The van der Waals surface area contributed by atoms with Crippen molar-refractivity contribution in [1.82, 2.24) is 5.32 Å². The highest BCUT2D eigenvalue weighted by atomic mass is 19.1. The van der Waals surface area contributed by atoms with Crippen molar-refractivity contribution in [3.8, 4) is 5.75 Å². The van der Waals surface area contributed by atoms with E-state index in [-0.39, 0.29) is 23.6 Å². The molecule has 1 aromatic rings. The minimum absolute atomic E-state index is 0.0361. The second-order valence-electron chi connectivity index (χ2n) is 4.54. The van der Waals surface area contributed by atoms with E-state index in [0.717, 1.165) is 25.7 Å². The Morgan fingerprint density at radius 1 is 1.39 bits per heavy atom. The van der Waals surface area contributed by atoms with E-state index in [1.165, 1.54) is 18.2 Å². The summed E-state index contributed by atoms with van der Waals surface area (Å²) >= 11 is 0. The topological polar surface area (TPSA) is 50.7 Å². The zero-order valence-corrected chi connectivity index (χ0v) is 10.4. The summed E-state index contributed by atoms with van der Waals surface area (Å²) in [7, 11) is 1.89. The van der Waals surface area contributed by atoms with Crippen molar-refractivity contribution in [1.29, 1.82) is 0 Å². The van der Waals surface area contributed by atoms with Crippen molar-refractivity contribution in [2.24, 2.45) is 5.18 Å². The molecule has 0 aliphatic heterocycles. The van der Waals surface area contributed by atoms with Gasteiger partial charge in [-0.1, -0.05) is 6.42 Å². The number of ether oxygens (including phenoxy) is 1. The van der Waals surface area contributed by atoms with Crippen molar-refractivity contribution in [2.45, 2.75) is 37.8 Å². The molecular formula is C13H17FN2O2. The quantitative estimate of drug-likeness (QED) is 0.837. The van der Waals surface area contributed by atoms with Crippen molar-refractivity contribution >= 4 is 5.69 Å². The molecule has 0 spiro atoms. The number of nitrogens with one attached hydrogen (secondary N) is 1. The van der Waals surface area contributed by atoms with Crippen LogP contribution in [0.5, 0.6) is 5.75 Å². The van der Waals surface area contributed by atoms with Gasteiger partial charge in [-0.2, -0.15) is 0 Å². The summed E-state index contributed by atoms with van der Waals surface area (Å²) in [4.78, 5) is 10.7. The van der Waals surface area contributed by atoms with Gasteiger partial charge >= 0.3 is 0 Å². The third-order valence-electron chi connectivity index (χ3n) is 3.37. The molecule has 1 N–H and O–H groups in total. The van der Waals surface area contributed by atoms with Gasteiger partial charge < -0.3 is 10.1 Å². The molecule has 1 aliphatic rings. The minimum atomic E-state index is -0.422. The molecule has 0 radical (unpaired) electrons. The Balaban J connectivity index is 2.16. The molecule has 98 valence electrons. The molecular weight excluding hydrogens is 235 g/mol. The van der Waals surface area contributed by atoms with Gasteiger partial charge in [0.2, 0.25) is 0 Å². The summed E-state index contributed by atoms with van der Waals surface area (Å²) in [5.74, 6) is -0.189. The first-order valence-corrected chi connectivity index (χ1v) is 6.21. The number of nitroso groups, excluding NO2 is 1. The van der Waals surface area contributed by atoms with Crippen LogP contribution in [0.4, 0.5) is 10.1 Å². The monoisotopic (exact) mass is 252 g/mol. The molecule has 5 heteroatoms. The normalized spacial score (nSPS) is 23.7. The first-order chi connectivity index (χ1) is 8.74. The lowest BCUT2D eigenvalue weighted by Crippen LogP contribution is -2.43. The zero-order chi connectivity index (χ0) is 13.0. The number of rotatable bonds is 4. The molecule has 0 amide bonds. The summed E-state index contributed by atoms with van der Waals surface area (Å²) in [6.07, 6.45) is 4.14. The summed E-state index contributed by atoms with van der Waals surface area (Å²) in [6.45, 7) is 0. The average Bonchev–Trinajstić information content (AvgIpc) is 2.40. The molecule has 2 atom stereocenters. The van der Waals surface area contributed by atoms with Crippen LogP contribution in [0.15, 0.2) is 23.4 Å². The van der Waals surface area contributed by atoms with Crippen LogP contribution in [0.3, 0.4) is 0 Å². The van der Waals surface area contributed by atoms with E-state index in [9.17, 15) is 9.30 Å². The number of hydrogen-bond acceptors (Lipinski definition) is 4. The van der Waals surface area contributed by atoms with Crippen LogP contribution in [0.25, 0.3) is 0 Å². The highest BCUT2D eigenvalue weighted by Crippen LogP contribution is 2.31. The van der Waals surface area contributed by atoms with E-state index >= 15 is 0 Å². The predicted octanol–water partition coefficient (Wildman–Crippen LogP) is 3.13. The number of likely N-dealkylation sites (N-methyl/N-ethyl adjacent to an activating group) is 1. The van der Waals surface area contributed by atoms with E-state index < -0.39 is 5.82 Å². The minimum Gasteiger partial charge on any atom is -0.486 e. The van der Waals surface area contributed by atoms with E-state index in [1.807, 2.05) is 7.05 Å². The molecule has 2 rings (SSSR count). The van der Waals surface area contributed by atoms with Gasteiger partial charge in [-0.15, -0.1) is 4.91 Å². The zero-order valence-electron chi connectivity index (χ0n) is 10.4. The predicted molar refractivity (Wildman–Crippen MR) is 67.6 cm³/mol. The van der Waals surface area contributed by atoms with Crippen LogP contribution in [-0.4, -0.2) is 19.2 Å². The fraction of sp³-hybridized carbons (Fsp3) is 0.538. The van der Waals surface area contributed by atoms with Crippen LogP contribution in [0.1, 0.15) is 25.7 Å². The van der Waals surface area contributed by atoms with Gasteiger partial charge in [0.15, 0.2) is 5.75 Å². The van der Waals surface area contributed by atoms with E-state index in [1.54, 1.807) is 0 Å². The van der Waals surface area contributed by atoms with Crippen molar-refractivity contribution in [2.75, 3.05) is 7.05 Å². The van der Waals surface area contributed by atoms with E-state index in [4.69, 9.17) is 4.74 Å². The molecule has 0 aromatic heterocycles. The van der Waals surface area contributed by atoms with Crippen LogP contribution in [0.2, 0.25) is 0 Å². The molecule has 18 heavy (non-hydrogen) atoms. The number of hydrogen-bond donors (Lipinski definition) is 1. The van der Waals surface area contributed by atoms with Crippen LogP contribution < -0.4 is 10.1 Å². The number of benzene rings is 1. The highest BCUT2D eigenvalue weighted by molar-refractivity contribution is 5.51. The lowest BCUT2D eigenvalue weighted by Gasteiger charge is -2.31. The van der Waals surface area contributed by atoms with Gasteiger partial charge in [0, 0.05) is 12.1 Å². The summed E-state index contributed by atoms with van der Waals surface area (Å²) in [5, 5.41) is 6.06. The average molecular weight is 252 g/mol. The van der Waals surface area contributed by atoms with Crippen molar-refractivity contribution in [3.63, 3.8) is 0 Å². The lowest BCUT2D eigenvalue weighted by atomic mass is 9.92. The Morgan fingerprint density at radius 2 is 2.17 bits per heavy atom. The summed E-state index contributed by atoms with van der Waals surface area (Å²) in [5.41, 5.74) is 0.150. The van der Waals surface area contributed by atoms with Crippen LogP contribution in [-0.2, 0) is 0 Å². The van der Waals surface area contributed by atoms with E-state index in [0.29, 0.717) is 0 Å². The van der Waals surface area contributed by atoms with Gasteiger partial charge in [-0.25, -0.2) is 4.39 Å². The first-order valence-electron chi connectivity index (χ1n) is 6.21. The second-order valence-corrected chi connectivity index (χ2v) is 4.54. The van der Waals surface area contributed by atoms with Crippen molar-refractivity contribution in [3.05, 3.63) is 28.9 Å². The van der Waals surface area contributed by atoms with Crippen molar-refractivity contribution < 1.29 is 9.13 Å². The SMILES string of the molecule is CN[C@@H]1CCCCC1Oc1cc(F)ccc1N=O. The summed E-state index contributed by atoms with van der Waals surface area (Å²) < 4.78 is 18.9. The van der Waals surface area contributed by atoms with Gasteiger partial charge in [0.1, 0.15) is 17.6 Å². The maximum absolute atomic E-state index is 13.2. The fourth-order valence-electron chi connectivity index (χ4n) is 2.39. The number of halogens is 1. The highest BCUT2D eigenvalue weighted by Gasteiger charge is 2.26.